The van der Waals surface area contributed by atoms with E-state index in [1.807, 2.05) is 0 Å². The molecule has 0 N–H and O–H groups in total. The van der Waals surface area contributed by atoms with Gasteiger partial charge in [-0.25, -0.2) is 4.39 Å². The Morgan fingerprint density at radius 2 is 1.86 bits per heavy atom. The van der Waals surface area contributed by atoms with E-state index in [1.165, 1.54) is 19.2 Å². The highest BCUT2D eigenvalue weighted by Crippen LogP contribution is 2.32. The van der Waals surface area contributed by atoms with Gasteiger partial charge in [-0.2, -0.15) is 0 Å². The number of methoxy groups -OCH3 is 1. The molecule has 0 bridgehead atoms. The van der Waals surface area contributed by atoms with Crippen molar-refractivity contribution in [3.63, 3.8) is 0 Å². The van der Waals surface area contributed by atoms with E-state index in [0.717, 1.165) is 5.56 Å². The van der Waals surface area contributed by atoms with Crippen LogP contribution in [0.5, 0.6) is 11.5 Å². The van der Waals surface area contributed by atoms with Crippen LogP contribution in [0.3, 0.4) is 0 Å². The predicted octanol–water partition coefficient (Wildman–Crippen LogP) is 3.05. The molecule has 148 valence electrons. The fourth-order valence-electron chi connectivity index (χ4n) is 3.01. The maximum Gasteiger partial charge on any atom is 0.310 e. The van der Waals surface area contributed by atoms with E-state index in [4.69, 9.17) is 14.2 Å². The van der Waals surface area contributed by atoms with E-state index in [-0.39, 0.29) is 31.0 Å². The van der Waals surface area contributed by atoms with Crippen LogP contribution < -0.4 is 9.47 Å². The summed E-state index contributed by atoms with van der Waals surface area (Å²) >= 11 is 0. The van der Waals surface area contributed by atoms with E-state index in [0.29, 0.717) is 30.0 Å². The zero-order valence-corrected chi connectivity index (χ0v) is 15.8. The summed E-state index contributed by atoms with van der Waals surface area (Å²) in [5, 5.41) is 0. The molecule has 1 aliphatic heterocycles. The monoisotopic (exact) mass is 387 g/mol. The number of fused-ring (bicyclic) bond motifs is 1. The number of amides is 1. The van der Waals surface area contributed by atoms with Gasteiger partial charge in [-0.15, -0.1) is 0 Å². The minimum atomic E-state index is -0.476. The number of hydrogen-bond donors (Lipinski definition) is 0. The Bertz CT molecular complexity index is 852. The Labute approximate surface area is 162 Å². The number of rotatable bonds is 7. The number of esters is 1. The molecule has 0 aliphatic carbocycles. The molecule has 2 aromatic rings. The van der Waals surface area contributed by atoms with Crippen LogP contribution in [0.2, 0.25) is 0 Å². The third-order valence-electron chi connectivity index (χ3n) is 4.59. The Morgan fingerprint density at radius 3 is 2.57 bits per heavy atom. The standard InChI is InChI=1S/C21H22FNO5/c1-14(21(25)26-2)12-23(10-9-15-3-6-17(22)7-4-15)20(24)16-5-8-18-19(11-16)28-13-27-18/h3-8,11,14H,9-10,12-13H2,1-2H3. The average molecular weight is 387 g/mol. The summed E-state index contributed by atoms with van der Waals surface area (Å²) in [6.45, 7) is 2.42. The van der Waals surface area contributed by atoms with Gasteiger partial charge in [0.25, 0.3) is 5.91 Å². The lowest BCUT2D eigenvalue weighted by atomic mass is 10.1. The largest absolute Gasteiger partial charge is 0.469 e. The molecule has 7 heteroatoms. The van der Waals surface area contributed by atoms with Crippen molar-refractivity contribution < 1.29 is 28.2 Å². The molecule has 0 spiro atoms. The van der Waals surface area contributed by atoms with Crippen molar-refractivity contribution in [2.45, 2.75) is 13.3 Å². The Hall–Kier alpha value is -3.09. The second-order valence-corrected chi connectivity index (χ2v) is 6.62. The highest BCUT2D eigenvalue weighted by Gasteiger charge is 2.24. The van der Waals surface area contributed by atoms with Gasteiger partial charge in [0.2, 0.25) is 6.79 Å². The number of ether oxygens (including phenoxy) is 3. The van der Waals surface area contributed by atoms with E-state index in [9.17, 15) is 14.0 Å². The highest BCUT2D eigenvalue weighted by molar-refractivity contribution is 5.95. The zero-order valence-electron chi connectivity index (χ0n) is 15.8. The molecule has 2 aromatic carbocycles. The van der Waals surface area contributed by atoms with Gasteiger partial charge in [0.05, 0.1) is 13.0 Å². The minimum Gasteiger partial charge on any atom is -0.469 e. The summed E-state index contributed by atoms with van der Waals surface area (Å²) in [4.78, 5) is 26.5. The second kappa shape index (κ2) is 8.73. The summed E-state index contributed by atoms with van der Waals surface area (Å²) in [5.74, 6) is -0.281. The molecule has 0 saturated carbocycles. The molecule has 1 aliphatic rings. The molecule has 28 heavy (non-hydrogen) atoms. The van der Waals surface area contributed by atoms with Crippen molar-refractivity contribution in [3.8, 4) is 11.5 Å². The lowest BCUT2D eigenvalue weighted by Crippen LogP contribution is -2.38. The molecule has 0 fully saturated rings. The first-order valence-corrected chi connectivity index (χ1v) is 8.99. The predicted molar refractivity (Wildman–Crippen MR) is 99.8 cm³/mol. The molecule has 1 atom stereocenters. The van der Waals surface area contributed by atoms with Crippen LogP contribution in [0.15, 0.2) is 42.5 Å². The number of nitrogens with zero attached hydrogens (tertiary/aromatic N) is 1. The SMILES string of the molecule is COC(=O)C(C)CN(CCc1ccc(F)cc1)C(=O)c1ccc2c(c1)OCO2. The fraction of sp³-hybridized carbons (Fsp3) is 0.333. The summed E-state index contributed by atoms with van der Waals surface area (Å²) in [6.07, 6.45) is 0.532. The van der Waals surface area contributed by atoms with E-state index in [1.54, 1.807) is 42.2 Å². The third-order valence-corrected chi connectivity index (χ3v) is 4.59. The molecule has 1 heterocycles. The van der Waals surface area contributed by atoms with Crippen molar-refractivity contribution in [2.24, 2.45) is 5.92 Å². The second-order valence-electron chi connectivity index (χ2n) is 6.62. The van der Waals surface area contributed by atoms with Crippen LogP contribution in [0.4, 0.5) is 4.39 Å². The summed E-state index contributed by atoms with van der Waals surface area (Å²) in [6, 6.07) is 11.1. The molecule has 0 saturated heterocycles. The summed E-state index contributed by atoms with van der Waals surface area (Å²) < 4.78 is 28.5. The molecule has 6 nitrogen and oxygen atoms in total. The van der Waals surface area contributed by atoms with Crippen molar-refractivity contribution in [1.82, 2.24) is 4.90 Å². The van der Waals surface area contributed by atoms with E-state index in [2.05, 4.69) is 0 Å². The van der Waals surface area contributed by atoms with Crippen LogP contribution in [-0.4, -0.2) is 43.8 Å². The van der Waals surface area contributed by atoms with Gasteiger partial charge < -0.3 is 19.1 Å². The van der Waals surface area contributed by atoms with E-state index < -0.39 is 5.92 Å². The lowest BCUT2D eigenvalue weighted by molar-refractivity contribution is -0.145. The van der Waals surface area contributed by atoms with Gasteiger partial charge in [-0.3, -0.25) is 9.59 Å². The number of benzene rings is 2. The van der Waals surface area contributed by atoms with Crippen LogP contribution in [0.25, 0.3) is 0 Å². The van der Waals surface area contributed by atoms with E-state index >= 15 is 0 Å². The summed E-state index contributed by atoms with van der Waals surface area (Å²) in [7, 11) is 1.32. The van der Waals surface area contributed by atoms with Crippen molar-refractivity contribution in [2.75, 3.05) is 27.0 Å². The molecule has 0 aromatic heterocycles. The van der Waals surface area contributed by atoms with Crippen LogP contribution in [-0.2, 0) is 16.0 Å². The van der Waals surface area contributed by atoms with Crippen molar-refractivity contribution >= 4 is 11.9 Å². The minimum absolute atomic E-state index is 0.126. The maximum atomic E-state index is 13.1. The molecule has 1 unspecified atom stereocenters. The van der Waals surface area contributed by atoms with Crippen LogP contribution >= 0.6 is 0 Å². The quantitative estimate of drug-likeness (QED) is 0.684. The molecular weight excluding hydrogens is 365 g/mol. The van der Waals surface area contributed by atoms with Crippen LogP contribution in [0.1, 0.15) is 22.8 Å². The van der Waals surface area contributed by atoms with Gasteiger partial charge in [-0.05, 0) is 42.3 Å². The first-order chi connectivity index (χ1) is 13.5. The maximum absolute atomic E-state index is 13.1. The number of carbonyl (C=O) groups excluding carboxylic acids is 2. The zero-order chi connectivity index (χ0) is 20.1. The lowest BCUT2D eigenvalue weighted by Gasteiger charge is -2.25. The van der Waals surface area contributed by atoms with Crippen molar-refractivity contribution in [1.29, 1.82) is 0 Å². The van der Waals surface area contributed by atoms with Gasteiger partial charge in [0.1, 0.15) is 5.82 Å². The smallest absolute Gasteiger partial charge is 0.310 e. The molecule has 0 radical (unpaired) electrons. The third kappa shape index (κ3) is 4.60. The van der Waals surface area contributed by atoms with Gasteiger partial charge in [0.15, 0.2) is 11.5 Å². The van der Waals surface area contributed by atoms with Gasteiger partial charge in [-0.1, -0.05) is 19.1 Å². The highest BCUT2D eigenvalue weighted by atomic mass is 19.1. The number of hydrogen-bond acceptors (Lipinski definition) is 5. The molecular formula is C21H22FNO5. The first-order valence-electron chi connectivity index (χ1n) is 8.99. The van der Waals surface area contributed by atoms with Gasteiger partial charge >= 0.3 is 5.97 Å². The summed E-state index contributed by atoms with van der Waals surface area (Å²) in [5.41, 5.74) is 1.34. The normalized spacial score (nSPS) is 13.1. The Kier molecular flexibility index (Phi) is 6.13. The fourth-order valence-corrected chi connectivity index (χ4v) is 3.01. The Morgan fingerprint density at radius 1 is 1.14 bits per heavy atom. The van der Waals surface area contributed by atoms with Crippen LogP contribution in [0, 0.1) is 11.7 Å². The Balaban J connectivity index is 1.76. The molecule has 1 amide bonds. The first kappa shape index (κ1) is 19.7. The number of halogens is 1. The molecule has 3 rings (SSSR count). The van der Waals surface area contributed by atoms with Crippen molar-refractivity contribution in [3.05, 3.63) is 59.4 Å². The van der Waals surface area contributed by atoms with Gasteiger partial charge in [0, 0.05) is 18.7 Å². The topological polar surface area (TPSA) is 65.1 Å². The average Bonchev–Trinajstić information content (AvgIpc) is 3.18. The number of carbonyl (C=O) groups is 2.